The largest absolute Gasteiger partial charge is 0.351 e. The van der Waals surface area contributed by atoms with E-state index < -0.39 is 11.9 Å². The van der Waals surface area contributed by atoms with Gasteiger partial charge in [-0.1, -0.05) is 0 Å². The van der Waals surface area contributed by atoms with Crippen LogP contribution in [-0.2, 0) is 11.3 Å². The van der Waals surface area contributed by atoms with Gasteiger partial charge in [0.1, 0.15) is 12.4 Å². The third-order valence-electron chi connectivity index (χ3n) is 2.42. The molecule has 8 nitrogen and oxygen atoms in total. The summed E-state index contributed by atoms with van der Waals surface area (Å²) in [6, 6.07) is 3.42. The van der Waals surface area contributed by atoms with Gasteiger partial charge in [0.2, 0.25) is 5.82 Å². The number of hydrogen-bond acceptors (Lipinski definition) is 5. The van der Waals surface area contributed by atoms with Crippen molar-refractivity contribution in [3.05, 3.63) is 29.6 Å². The zero-order valence-corrected chi connectivity index (χ0v) is 10.5. The van der Waals surface area contributed by atoms with Gasteiger partial charge in [0.05, 0.1) is 0 Å². The number of benzene rings is 1. The van der Waals surface area contributed by atoms with E-state index >= 15 is 0 Å². The monoisotopic (exact) mass is 278 g/mol. The molecule has 0 aliphatic heterocycles. The van der Waals surface area contributed by atoms with Gasteiger partial charge in [-0.15, -0.1) is 10.2 Å². The molecule has 0 aliphatic carbocycles. The van der Waals surface area contributed by atoms with E-state index in [1.54, 1.807) is 13.0 Å². The Morgan fingerprint density at radius 1 is 1.45 bits per heavy atom. The molecule has 0 atom stereocenters. The van der Waals surface area contributed by atoms with E-state index in [1.807, 2.05) is 5.32 Å². The zero-order valence-electron chi connectivity index (χ0n) is 10.5. The lowest BCUT2D eigenvalue weighted by atomic mass is 10.1. The third-order valence-corrected chi connectivity index (χ3v) is 2.42. The van der Waals surface area contributed by atoms with E-state index in [2.05, 4.69) is 15.4 Å². The van der Waals surface area contributed by atoms with Gasteiger partial charge in [-0.3, -0.25) is 10.1 Å². The van der Waals surface area contributed by atoms with Crippen LogP contribution in [0.1, 0.15) is 5.56 Å². The van der Waals surface area contributed by atoms with Crippen LogP contribution in [-0.4, -0.2) is 32.1 Å². The number of imide groups is 1. The van der Waals surface area contributed by atoms with Crippen LogP contribution in [0, 0.1) is 12.7 Å². The molecule has 1 aromatic carbocycles. The standard InChI is InChI=1S/C11H11FN6O2/c1-6-4-7(2-3-8(6)12)10-15-17-18(16-10)5-9(19)14-11(13)20/h2-4H,5H2,1H3,(H3,13,14,19,20). The van der Waals surface area contributed by atoms with Gasteiger partial charge >= 0.3 is 6.03 Å². The Morgan fingerprint density at radius 3 is 2.85 bits per heavy atom. The number of urea groups is 1. The van der Waals surface area contributed by atoms with Crippen molar-refractivity contribution < 1.29 is 14.0 Å². The number of carbonyl (C=O) groups excluding carboxylic acids is 2. The predicted octanol–water partition coefficient (Wildman–Crippen LogP) is -0.0175. The maximum absolute atomic E-state index is 13.2. The van der Waals surface area contributed by atoms with Gasteiger partial charge in [-0.25, -0.2) is 9.18 Å². The number of rotatable bonds is 3. The highest BCUT2D eigenvalue weighted by Gasteiger charge is 2.11. The van der Waals surface area contributed by atoms with Crippen molar-refractivity contribution in [2.45, 2.75) is 13.5 Å². The Balaban J connectivity index is 2.14. The Labute approximate surface area is 112 Å². The van der Waals surface area contributed by atoms with Gasteiger partial charge in [-0.05, 0) is 35.9 Å². The van der Waals surface area contributed by atoms with E-state index in [0.717, 1.165) is 4.80 Å². The first-order valence-corrected chi connectivity index (χ1v) is 5.59. The minimum Gasteiger partial charge on any atom is -0.351 e. The van der Waals surface area contributed by atoms with Gasteiger partial charge in [0.15, 0.2) is 0 Å². The molecule has 1 heterocycles. The highest BCUT2D eigenvalue weighted by Crippen LogP contribution is 2.17. The number of aryl methyl sites for hydroxylation is 1. The fraction of sp³-hybridized carbons (Fsp3) is 0.182. The molecule has 3 amide bonds. The SMILES string of the molecule is Cc1cc(-c2nnn(CC(=O)NC(N)=O)n2)ccc1F. The zero-order chi connectivity index (χ0) is 14.7. The first kappa shape index (κ1) is 13.6. The molecule has 3 N–H and O–H groups in total. The third kappa shape index (κ3) is 3.13. The lowest BCUT2D eigenvalue weighted by Gasteiger charge is -1.99. The number of carbonyl (C=O) groups is 2. The van der Waals surface area contributed by atoms with Gasteiger partial charge in [-0.2, -0.15) is 4.80 Å². The molecule has 9 heteroatoms. The van der Waals surface area contributed by atoms with Crippen LogP contribution in [0.15, 0.2) is 18.2 Å². The maximum Gasteiger partial charge on any atom is 0.318 e. The predicted molar refractivity (Wildman–Crippen MR) is 65.7 cm³/mol. The Hall–Kier alpha value is -2.84. The van der Waals surface area contributed by atoms with Crippen LogP contribution in [0.4, 0.5) is 9.18 Å². The molecular weight excluding hydrogens is 267 g/mol. The Kier molecular flexibility index (Phi) is 3.69. The normalized spacial score (nSPS) is 10.3. The van der Waals surface area contributed by atoms with Crippen molar-refractivity contribution in [2.24, 2.45) is 5.73 Å². The molecule has 20 heavy (non-hydrogen) atoms. The molecule has 104 valence electrons. The smallest absolute Gasteiger partial charge is 0.318 e. The summed E-state index contributed by atoms with van der Waals surface area (Å²) in [5.41, 5.74) is 5.83. The van der Waals surface area contributed by atoms with Gasteiger partial charge < -0.3 is 5.73 Å². The van der Waals surface area contributed by atoms with E-state index in [4.69, 9.17) is 5.73 Å². The maximum atomic E-state index is 13.2. The summed E-state index contributed by atoms with van der Waals surface area (Å²) in [6.45, 7) is 1.32. The highest BCUT2D eigenvalue weighted by molar-refractivity contribution is 5.93. The molecular formula is C11H11FN6O2. The summed E-state index contributed by atoms with van der Waals surface area (Å²) in [6.07, 6.45) is 0. The lowest BCUT2D eigenvalue weighted by molar-refractivity contribution is -0.120. The Morgan fingerprint density at radius 2 is 2.20 bits per heavy atom. The summed E-state index contributed by atoms with van der Waals surface area (Å²) >= 11 is 0. The summed E-state index contributed by atoms with van der Waals surface area (Å²) < 4.78 is 13.2. The average Bonchev–Trinajstić information content (AvgIpc) is 2.80. The first-order chi connectivity index (χ1) is 9.45. The number of nitrogens with zero attached hydrogens (tertiary/aromatic N) is 4. The summed E-state index contributed by atoms with van der Waals surface area (Å²) in [5, 5.41) is 13.2. The van der Waals surface area contributed by atoms with Crippen molar-refractivity contribution in [3.63, 3.8) is 0 Å². The van der Waals surface area contributed by atoms with Crippen molar-refractivity contribution in [1.82, 2.24) is 25.5 Å². The van der Waals surface area contributed by atoms with Crippen LogP contribution in [0.2, 0.25) is 0 Å². The van der Waals surface area contributed by atoms with Crippen LogP contribution in [0.5, 0.6) is 0 Å². The second-order valence-electron chi connectivity index (χ2n) is 4.02. The number of hydrogen-bond donors (Lipinski definition) is 2. The van der Waals surface area contributed by atoms with E-state index in [-0.39, 0.29) is 18.2 Å². The summed E-state index contributed by atoms with van der Waals surface area (Å²) in [4.78, 5) is 22.8. The van der Waals surface area contributed by atoms with Crippen molar-refractivity contribution in [3.8, 4) is 11.4 Å². The minimum absolute atomic E-state index is 0.250. The number of nitrogens with two attached hydrogens (primary N) is 1. The molecule has 0 spiro atoms. The van der Waals surface area contributed by atoms with Crippen molar-refractivity contribution in [2.75, 3.05) is 0 Å². The fourth-order valence-electron chi connectivity index (χ4n) is 1.51. The highest BCUT2D eigenvalue weighted by atomic mass is 19.1. The van der Waals surface area contributed by atoms with Crippen LogP contribution >= 0.6 is 0 Å². The molecule has 0 radical (unpaired) electrons. The average molecular weight is 278 g/mol. The van der Waals surface area contributed by atoms with E-state index in [9.17, 15) is 14.0 Å². The van der Waals surface area contributed by atoms with Crippen molar-refractivity contribution in [1.29, 1.82) is 0 Å². The molecule has 0 saturated carbocycles. The lowest BCUT2D eigenvalue weighted by Crippen LogP contribution is -2.37. The molecule has 0 bridgehead atoms. The number of aromatic nitrogens is 4. The molecule has 1 aromatic heterocycles. The first-order valence-electron chi connectivity index (χ1n) is 5.59. The number of primary amides is 1. The molecule has 2 aromatic rings. The number of tetrazole rings is 1. The molecule has 0 fully saturated rings. The van der Waals surface area contributed by atoms with Crippen LogP contribution in [0.3, 0.4) is 0 Å². The van der Waals surface area contributed by atoms with Gasteiger partial charge in [0.25, 0.3) is 5.91 Å². The number of halogens is 1. The molecule has 0 unspecified atom stereocenters. The van der Waals surface area contributed by atoms with Crippen LogP contribution in [0.25, 0.3) is 11.4 Å². The number of amides is 3. The quantitative estimate of drug-likeness (QED) is 0.818. The summed E-state index contributed by atoms with van der Waals surface area (Å²) in [5.74, 6) is -0.737. The number of nitrogens with one attached hydrogen (secondary N) is 1. The summed E-state index contributed by atoms with van der Waals surface area (Å²) in [7, 11) is 0. The topological polar surface area (TPSA) is 116 Å². The van der Waals surface area contributed by atoms with Crippen LogP contribution < -0.4 is 11.1 Å². The van der Waals surface area contributed by atoms with E-state index in [1.165, 1.54) is 12.1 Å². The van der Waals surface area contributed by atoms with E-state index in [0.29, 0.717) is 11.1 Å². The molecule has 0 aliphatic rings. The second kappa shape index (κ2) is 5.43. The molecule has 2 rings (SSSR count). The minimum atomic E-state index is -0.954. The van der Waals surface area contributed by atoms with Gasteiger partial charge in [0, 0.05) is 5.56 Å². The fourth-order valence-corrected chi connectivity index (χ4v) is 1.51. The Bertz CT molecular complexity index is 669. The molecule has 0 saturated heterocycles. The van der Waals surface area contributed by atoms with Crippen molar-refractivity contribution >= 4 is 11.9 Å². The second-order valence-corrected chi connectivity index (χ2v) is 4.02.